The van der Waals surface area contributed by atoms with E-state index in [1.54, 1.807) is 40.9 Å². The number of halogens is 1. The van der Waals surface area contributed by atoms with Gasteiger partial charge in [-0.3, -0.25) is 4.79 Å². The third kappa shape index (κ3) is 4.92. The second-order valence-electron chi connectivity index (χ2n) is 6.83. The minimum absolute atomic E-state index is 0. The van der Waals surface area contributed by atoms with Crippen molar-refractivity contribution in [1.29, 1.82) is 0 Å². The van der Waals surface area contributed by atoms with Crippen LogP contribution in [0, 0.1) is 6.92 Å². The fourth-order valence-corrected chi connectivity index (χ4v) is 4.41. The average molecular weight is 422 g/mol. The summed E-state index contributed by atoms with van der Waals surface area (Å²) in [5, 5.41) is 0. The summed E-state index contributed by atoms with van der Waals surface area (Å²) >= 11 is 1.55. The van der Waals surface area contributed by atoms with Gasteiger partial charge in [0.1, 0.15) is 0 Å². The number of benzene rings is 1. The summed E-state index contributed by atoms with van der Waals surface area (Å²) in [4.78, 5) is 14.5. The molecule has 1 aliphatic heterocycles. The van der Waals surface area contributed by atoms with Crippen LogP contribution < -0.4 is 5.73 Å². The Labute approximate surface area is 166 Å². The van der Waals surface area contributed by atoms with Crippen molar-refractivity contribution in [1.82, 2.24) is 9.21 Å². The van der Waals surface area contributed by atoms with Gasteiger partial charge in [0.2, 0.25) is 15.9 Å². The van der Waals surface area contributed by atoms with Gasteiger partial charge >= 0.3 is 0 Å². The zero-order valence-corrected chi connectivity index (χ0v) is 18.1. The third-order valence-corrected chi connectivity index (χ3v) is 7.97. The van der Waals surface area contributed by atoms with Crippen molar-refractivity contribution in [2.75, 3.05) is 32.4 Å². The van der Waals surface area contributed by atoms with Crippen LogP contribution in [0.1, 0.15) is 19.4 Å². The molecular formula is C17H28ClN3O3S2. The lowest BCUT2D eigenvalue weighted by Gasteiger charge is -2.38. The van der Waals surface area contributed by atoms with Crippen LogP contribution in [0.5, 0.6) is 0 Å². The standard InChI is InChI=1S/C17H27N3O3S2.ClH/c1-13-5-7-14(8-6-13)25(22,23)20-11-9-19(10-12-20)16(21)15(18)17(2,3)24-4;/h5-8,15H,9-12,18H2,1-4H3;1H/t15-;/m1./s1. The SMILES string of the molecule is CSC(C)(C)[C@H](N)C(=O)N1CCN(S(=O)(=O)c2ccc(C)cc2)CC1.Cl. The molecular weight excluding hydrogens is 394 g/mol. The van der Waals surface area contributed by atoms with Crippen molar-refractivity contribution in [2.45, 2.75) is 36.5 Å². The third-order valence-electron chi connectivity index (χ3n) is 4.75. The van der Waals surface area contributed by atoms with Crippen LogP contribution in [0.15, 0.2) is 29.2 Å². The average Bonchev–Trinajstić information content (AvgIpc) is 2.61. The molecule has 6 nitrogen and oxygen atoms in total. The van der Waals surface area contributed by atoms with Crippen molar-refractivity contribution in [3.05, 3.63) is 29.8 Å². The molecule has 0 saturated carbocycles. The van der Waals surface area contributed by atoms with Gasteiger partial charge in [0.25, 0.3) is 0 Å². The van der Waals surface area contributed by atoms with Crippen molar-refractivity contribution in [2.24, 2.45) is 5.73 Å². The Morgan fingerprint density at radius 1 is 1.15 bits per heavy atom. The zero-order valence-electron chi connectivity index (χ0n) is 15.6. The van der Waals surface area contributed by atoms with Crippen LogP contribution in [0.25, 0.3) is 0 Å². The molecule has 1 aliphatic rings. The number of carbonyl (C=O) groups is 1. The summed E-state index contributed by atoms with van der Waals surface area (Å²) in [6.07, 6.45) is 1.93. The zero-order chi connectivity index (χ0) is 18.8. The Morgan fingerprint density at radius 3 is 2.12 bits per heavy atom. The van der Waals surface area contributed by atoms with Crippen LogP contribution in [0.4, 0.5) is 0 Å². The molecule has 1 amide bonds. The van der Waals surface area contributed by atoms with E-state index in [-0.39, 0.29) is 41.0 Å². The topological polar surface area (TPSA) is 83.7 Å². The van der Waals surface area contributed by atoms with Gasteiger partial charge in [0.15, 0.2) is 0 Å². The summed E-state index contributed by atoms with van der Waals surface area (Å²) in [5.74, 6) is -0.119. The number of hydrogen-bond donors (Lipinski definition) is 1. The van der Waals surface area contributed by atoms with Gasteiger partial charge in [-0.15, -0.1) is 12.4 Å². The summed E-state index contributed by atoms with van der Waals surface area (Å²) in [5.41, 5.74) is 7.13. The van der Waals surface area contributed by atoms with E-state index in [9.17, 15) is 13.2 Å². The van der Waals surface area contributed by atoms with Crippen molar-refractivity contribution < 1.29 is 13.2 Å². The first-order valence-corrected chi connectivity index (χ1v) is 10.9. The number of thioether (sulfide) groups is 1. The van der Waals surface area contributed by atoms with Crippen LogP contribution in [0.2, 0.25) is 0 Å². The number of rotatable bonds is 5. The van der Waals surface area contributed by atoms with Crippen LogP contribution in [-0.4, -0.2) is 66.8 Å². The molecule has 1 saturated heterocycles. The molecule has 2 N–H and O–H groups in total. The molecule has 1 fully saturated rings. The van der Waals surface area contributed by atoms with E-state index in [2.05, 4.69) is 0 Å². The van der Waals surface area contributed by atoms with E-state index in [4.69, 9.17) is 5.73 Å². The molecule has 1 aromatic carbocycles. The maximum Gasteiger partial charge on any atom is 0.243 e. The summed E-state index contributed by atoms with van der Waals surface area (Å²) in [6.45, 7) is 7.10. The number of sulfonamides is 1. The summed E-state index contributed by atoms with van der Waals surface area (Å²) in [7, 11) is -3.52. The molecule has 0 aromatic heterocycles. The van der Waals surface area contributed by atoms with Crippen molar-refractivity contribution >= 4 is 40.1 Å². The second kappa shape index (κ2) is 8.93. The molecule has 26 heavy (non-hydrogen) atoms. The number of nitrogens with zero attached hydrogens (tertiary/aromatic N) is 2. The molecule has 9 heteroatoms. The predicted molar refractivity (Wildman–Crippen MR) is 109 cm³/mol. The van der Waals surface area contributed by atoms with Gasteiger partial charge in [0.05, 0.1) is 10.9 Å². The summed E-state index contributed by atoms with van der Waals surface area (Å²) in [6, 6.07) is 6.22. The van der Waals surface area contributed by atoms with Crippen LogP contribution in [-0.2, 0) is 14.8 Å². The van der Waals surface area contributed by atoms with Gasteiger partial charge < -0.3 is 10.6 Å². The van der Waals surface area contributed by atoms with E-state index in [0.717, 1.165) is 5.56 Å². The molecule has 2 rings (SSSR count). The largest absolute Gasteiger partial charge is 0.339 e. The number of carbonyl (C=O) groups excluding carboxylic acids is 1. The Morgan fingerprint density at radius 2 is 1.65 bits per heavy atom. The van der Waals surface area contributed by atoms with E-state index in [1.165, 1.54) is 4.31 Å². The molecule has 1 atom stereocenters. The lowest BCUT2D eigenvalue weighted by Crippen LogP contribution is -2.58. The maximum absolute atomic E-state index is 12.7. The van der Waals surface area contributed by atoms with Gasteiger partial charge in [-0.2, -0.15) is 16.1 Å². The number of aryl methyl sites for hydroxylation is 1. The first kappa shape index (κ1) is 23.2. The smallest absolute Gasteiger partial charge is 0.243 e. The first-order valence-electron chi connectivity index (χ1n) is 8.26. The fourth-order valence-electron chi connectivity index (χ4n) is 2.63. The quantitative estimate of drug-likeness (QED) is 0.782. The maximum atomic E-state index is 12.7. The second-order valence-corrected chi connectivity index (χ2v) is 10.2. The number of piperazine rings is 1. The minimum Gasteiger partial charge on any atom is -0.339 e. The molecule has 0 unspecified atom stereocenters. The van der Waals surface area contributed by atoms with E-state index < -0.39 is 16.1 Å². The van der Waals surface area contributed by atoms with Gasteiger partial charge in [0, 0.05) is 30.9 Å². The molecule has 0 radical (unpaired) electrons. The predicted octanol–water partition coefficient (Wildman–Crippen LogP) is 1.72. The Bertz CT molecular complexity index is 715. The number of hydrogen-bond acceptors (Lipinski definition) is 5. The summed E-state index contributed by atoms with van der Waals surface area (Å²) < 4.78 is 26.5. The highest BCUT2D eigenvalue weighted by Crippen LogP contribution is 2.26. The van der Waals surface area contributed by atoms with E-state index in [1.807, 2.05) is 27.0 Å². The van der Waals surface area contributed by atoms with Crippen LogP contribution >= 0.6 is 24.2 Å². The highest BCUT2D eigenvalue weighted by molar-refractivity contribution is 8.00. The van der Waals surface area contributed by atoms with Crippen molar-refractivity contribution in [3.8, 4) is 0 Å². The Balaban J connectivity index is 0.00000338. The minimum atomic E-state index is -3.52. The molecule has 0 bridgehead atoms. The first-order chi connectivity index (χ1) is 11.6. The fraction of sp³-hybridized carbons (Fsp3) is 0.588. The number of nitrogens with two attached hydrogens (primary N) is 1. The Kier molecular flexibility index (Phi) is 7.98. The lowest BCUT2D eigenvalue weighted by atomic mass is 10.0. The Hall–Kier alpha value is -0.800. The molecule has 148 valence electrons. The highest BCUT2D eigenvalue weighted by atomic mass is 35.5. The molecule has 0 aliphatic carbocycles. The normalized spacial score (nSPS) is 17.5. The highest BCUT2D eigenvalue weighted by Gasteiger charge is 2.37. The van der Waals surface area contributed by atoms with Crippen molar-refractivity contribution in [3.63, 3.8) is 0 Å². The molecule has 0 spiro atoms. The lowest BCUT2D eigenvalue weighted by molar-refractivity contribution is -0.134. The van der Waals surface area contributed by atoms with Gasteiger partial charge in [-0.1, -0.05) is 17.7 Å². The van der Waals surface area contributed by atoms with E-state index >= 15 is 0 Å². The monoisotopic (exact) mass is 421 g/mol. The number of amides is 1. The van der Waals surface area contributed by atoms with Crippen LogP contribution in [0.3, 0.4) is 0 Å². The van der Waals surface area contributed by atoms with Gasteiger partial charge in [-0.25, -0.2) is 8.42 Å². The molecule has 1 aromatic rings. The van der Waals surface area contributed by atoms with Gasteiger partial charge in [-0.05, 0) is 39.2 Å². The molecule has 1 heterocycles. The van der Waals surface area contributed by atoms with E-state index in [0.29, 0.717) is 13.1 Å².